The average molecular weight is 291 g/mol. The minimum atomic E-state index is -0.225. The van der Waals surface area contributed by atoms with Crippen molar-refractivity contribution >= 4 is 29.5 Å². The maximum absolute atomic E-state index is 12.2. The first-order valence-electron chi connectivity index (χ1n) is 6.86. The van der Waals surface area contributed by atoms with Crippen LogP contribution in [-0.4, -0.2) is 11.7 Å². The van der Waals surface area contributed by atoms with Gasteiger partial charge in [-0.2, -0.15) is 0 Å². The molecule has 0 spiro atoms. The molecule has 3 heteroatoms. The largest absolute Gasteiger partial charge is 0.322 e. The lowest BCUT2D eigenvalue weighted by Crippen LogP contribution is -2.12. The third kappa shape index (κ3) is 3.38. The zero-order valence-corrected chi connectivity index (χ0v) is 12.4. The van der Waals surface area contributed by atoms with E-state index in [1.54, 1.807) is 36.4 Å². The monoisotopic (exact) mass is 291 g/mol. The number of carbonyl (C=O) groups is 2. The average Bonchev–Trinajstić information content (AvgIpc) is 2.54. The van der Waals surface area contributed by atoms with Crippen LogP contribution in [0.4, 0.5) is 5.69 Å². The van der Waals surface area contributed by atoms with Gasteiger partial charge in [0.1, 0.15) is 0 Å². The molecule has 0 radical (unpaired) electrons. The maximum Gasteiger partial charge on any atom is 0.255 e. The van der Waals surface area contributed by atoms with Crippen molar-refractivity contribution in [1.82, 2.24) is 0 Å². The number of carbonyl (C=O) groups excluding carboxylic acids is 2. The van der Waals surface area contributed by atoms with Gasteiger partial charge in [-0.05, 0) is 42.3 Å². The predicted molar refractivity (Wildman–Crippen MR) is 91.0 cm³/mol. The van der Waals surface area contributed by atoms with E-state index in [4.69, 9.17) is 0 Å². The Morgan fingerprint density at radius 3 is 2.05 bits per heavy atom. The lowest BCUT2D eigenvalue weighted by Gasteiger charge is -2.08. The van der Waals surface area contributed by atoms with Gasteiger partial charge in [0.25, 0.3) is 5.91 Å². The molecular formula is C19H17NO2. The van der Waals surface area contributed by atoms with Gasteiger partial charge in [-0.15, -0.1) is 0 Å². The number of anilines is 1. The van der Waals surface area contributed by atoms with Crippen LogP contribution in [0.3, 0.4) is 0 Å². The van der Waals surface area contributed by atoms with Crippen LogP contribution in [0.15, 0.2) is 55.6 Å². The number of hydrogen-bond acceptors (Lipinski definition) is 2. The Kier molecular flexibility index (Phi) is 4.69. The van der Waals surface area contributed by atoms with Crippen LogP contribution in [0.25, 0.3) is 12.2 Å². The molecule has 0 aliphatic carbocycles. The van der Waals surface area contributed by atoms with Crippen molar-refractivity contribution in [1.29, 1.82) is 0 Å². The van der Waals surface area contributed by atoms with E-state index in [0.29, 0.717) is 16.8 Å². The Labute approximate surface area is 130 Å². The van der Waals surface area contributed by atoms with Crippen molar-refractivity contribution in [2.75, 3.05) is 5.32 Å². The number of Topliss-reactive ketones (excluding diaryl/α,β-unsaturated/α-hetero) is 1. The fraction of sp³-hybridized carbons (Fsp3) is 0.0526. The van der Waals surface area contributed by atoms with Crippen molar-refractivity contribution in [2.24, 2.45) is 0 Å². The molecule has 0 aliphatic rings. The molecule has 3 nitrogen and oxygen atoms in total. The smallest absolute Gasteiger partial charge is 0.255 e. The van der Waals surface area contributed by atoms with Crippen LogP contribution in [0.5, 0.6) is 0 Å². The Bertz CT molecular complexity index is 743. The van der Waals surface area contributed by atoms with Gasteiger partial charge in [-0.25, -0.2) is 0 Å². The van der Waals surface area contributed by atoms with Crippen molar-refractivity contribution < 1.29 is 9.59 Å². The Hall–Kier alpha value is -2.94. The van der Waals surface area contributed by atoms with Crippen molar-refractivity contribution in [3.63, 3.8) is 0 Å². The zero-order valence-electron chi connectivity index (χ0n) is 12.4. The predicted octanol–water partition coefficient (Wildman–Crippen LogP) is 4.43. The molecule has 0 atom stereocenters. The van der Waals surface area contributed by atoms with E-state index in [1.807, 2.05) is 18.2 Å². The van der Waals surface area contributed by atoms with E-state index in [9.17, 15) is 9.59 Å². The molecule has 0 saturated carbocycles. The quantitative estimate of drug-likeness (QED) is 0.828. The van der Waals surface area contributed by atoms with Gasteiger partial charge in [0, 0.05) is 16.8 Å². The van der Waals surface area contributed by atoms with E-state index in [1.165, 1.54) is 6.92 Å². The number of hydrogen-bond donors (Lipinski definition) is 1. The first-order valence-corrected chi connectivity index (χ1v) is 6.86. The summed E-state index contributed by atoms with van der Waals surface area (Å²) in [4.78, 5) is 23.4. The summed E-state index contributed by atoms with van der Waals surface area (Å²) >= 11 is 0. The first-order chi connectivity index (χ1) is 10.5. The van der Waals surface area contributed by atoms with E-state index < -0.39 is 0 Å². The number of nitrogens with one attached hydrogen (secondary N) is 1. The number of benzene rings is 2. The molecule has 2 aromatic rings. The number of ketones is 1. The highest BCUT2D eigenvalue weighted by Crippen LogP contribution is 2.19. The van der Waals surface area contributed by atoms with Gasteiger partial charge in [0.15, 0.2) is 5.78 Å². The number of rotatable bonds is 5. The van der Waals surface area contributed by atoms with Gasteiger partial charge in [0.2, 0.25) is 0 Å². The summed E-state index contributed by atoms with van der Waals surface area (Å²) in [5.74, 6) is -0.251. The highest BCUT2D eigenvalue weighted by molar-refractivity contribution is 6.05. The zero-order chi connectivity index (χ0) is 16.1. The van der Waals surface area contributed by atoms with Crippen LogP contribution in [-0.2, 0) is 0 Å². The van der Waals surface area contributed by atoms with Crippen molar-refractivity contribution in [3.05, 3.63) is 77.9 Å². The minimum absolute atomic E-state index is 0.0254. The lowest BCUT2D eigenvalue weighted by molar-refractivity contribution is 0.101. The van der Waals surface area contributed by atoms with Crippen LogP contribution in [0.2, 0.25) is 0 Å². The SMILES string of the molecule is C=Cc1ccc(NC(=O)c2ccc(C(C)=O)cc2)cc1C=C. The third-order valence-electron chi connectivity index (χ3n) is 3.34. The molecule has 0 saturated heterocycles. The molecule has 22 heavy (non-hydrogen) atoms. The lowest BCUT2D eigenvalue weighted by atomic mass is 10.1. The third-order valence-corrected chi connectivity index (χ3v) is 3.34. The fourth-order valence-corrected chi connectivity index (χ4v) is 2.07. The topological polar surface area (TPSA) is 46.2 Å². The second kappa shape index (κ2) is 6.68. The van der Waals surface area contributed by atoms with E-state index >= 15 is 0 Å². The molecule has 2 rings (SSSR count). The second-order valence-electron chi connectivity index (χ2n) is 4.84. The molecule has 0 unspecified atom stereocenters. The Morgan fingerprint density at radius 2 is 1.50 bits per heavy atom. The summed E-state index contributed by atoms with van der Waals surface area (Å²) in [7, 11) is 0. The van der Waals surface area contributed by atoms with E-state index in [2.05, 4.69) is 18.5 Å². The molecule has 0 bridgehead atoms. The summed E-state index contributed by atoms with van der Waals surface area (Å²) in [6.45, 7) is 8.98. The first kappa shape index (κ1) is 15.4. The molecule has 0 fully saturated rings. The Morgan fingerprint density at radius 1 is 0.909 bits per heavy atom. The summed E-state index contributed by atoms with van der Waals surface area (Å²) in [5, 5.41) is 2.83. The standard InChI is InChI=1S/C19H17NO2/c1-4-14-10-11-18(12-15(14)5-2)20-19(22)17-8-6-16(7-9-17)13(3)21/h4-12H,1-2H2,3H3,(H,20,22). The van der Waals surface area contributed by atoms with Gasteiger partial charge >= 0.3 is 0 Å². The molecule has 0 aromatic heterocycles. The van der Waals surface area contributed by atoms with Crippen LogP contribution in [0.1, 0.15) is 38.8 Å². The van der Waals surface area contributed by atoms with Gasteiger partial charge in [-0.1, -0.05) is 43.5 Å². The molecule has 0 aliphatic heterocycles. The molecular weight excluding hydrogens is 274 g/mol. The Balaban J connectivity index is 2.19. The van der Waals surface area contributed by atoms with E-state index in [0.717, 1.165) is 11.1 Å². The fourth-order valence-electron chi connectivity index (χ4n) is 2.07. The molecule has 1 amide bonds. The summed E-state index contributed by atoms with van der Waals surface area (Å²) in [5.41, 5.74) is 3.62. The number of amides is 1. The molecule has 0 heterocycles. The van der Waals surface area contributed by atoms with Crippen molar-refractivity contribution in [3.8, 4) is 0 Å². The molecule has 2 aromatic carbocycles. The van der Waals surface area contributed by atoms with Gasteiger partial charge in [-0.3, -0.25) is 9.59 Å². The molecule has 110 valence electrons. The summed E-state index contributed by atoms with van der Waals surface area (Å²) < 4.78 is 0. The summed E-state index contributed by atoms with van der Waals surface area (Å²) in [6.07, 6.45) is 3.46. The normalized spacial score (nSPS) is 9.86. The highest BCUT2D eigenvalue weighted by Gasteiger charge is 2.08. The van der Waals surface area contributed by atoms with Crippen LogP contribution in [0, 0.1) is 0 Å². The molecule has 1 N–H and O–H groups in total. The van der Waals surface area contributed by atoms with Gasteiger partial charge < -0.3 is 5.32 Å². The minimum Gasteiger partial charge on any atom is -0.322 e. The van der Waals surface area contributed by atoms with Crippen LogP contribution >= 0.6 is 0 Å². The highest BCUT2D eigenvalue weighted by atomic mass is 16.1. The van der Waals surface area contributed by atoms with Crippen LogP contribution < -0.4 is 5.32 Å². The summed E-state index contributed by atoms with van der Waals surface area (Å²) in [6, 6.07) is 12.1. The van der Waals surface area contributed by atoms with Crippen molar-refractivity contribution in [2.45, 2.75) is 6.92 Å². The second-order valence-corrected chi connectivity index (χ2v) is 4.84. The maximum atomic E-state index is 12.2. The van der Waals surface area contributed by atoms with Gasteiger partial charge in [0.05, 0.1) is 0 Å². The van der Waals surface area contributed by atoms with E-state index in [-0.39, 0.29) is 11.7 Å².